The fourth-order valence-corrected chi connectivity index (χ4v) is 6.93. The standard InChI is InChI=1S/C19H24OS/c1-2-5-13-10-14(20)11-17-15(13)12-18-16-6-3-4-7-19(16,17)8-9-21-18/h2,10-11,16,18,20H,1,3-9,12H2/t16-,18+,19+/m0/s1. The molecule has 3 atom stereocenters. The average Bonchev–Trinajstić information content (AvgIpc) is 2.49. The molecule has 1 aromatic rings. The average molecular weight is 300 g/mol. The van der Waals surface area contributed by atoms with Crippen molar-refractivity contribution in [3.8, 4) is 5.75 Å². The van der Waals surface area contributed by atoms with Crippen molar-refractivity contribution < 1.29 is 5.11 Å². The smallest absolute Gasteiger partial charge is 0.116 e. The number of hydrogen-bond donors (Lipinski definition) is 1. The van der Waals surface area contributed by atoms with E-state index in [-0.39, 0.29) is 0 Å². The molecule has 1 saturated heterocycles. The van der Waals surface area contributed by atoms with E-state index in [2.05, 4.69) is 24.4 Å². The minimum atomic E-state index is 0.371. The number of phenols is 1. The third-order valence-electron chi connectivity index (χ3n) is 6.06. The van der Waals surface area contributed by atoms with Gasteiger partial charge in [-0.2, -0.15) is 11.8 Å². The van der Waals surface area contributed by atoms with Crippen LogP contribution in [-0.4, -0.2) is 16.1 Å². The predicted molar refractivity (Wildman–Crippen MR) is 90.2 cm³/mol. The van der Waals surface area contributed by atoms with Crippen molar-refractivity contribution in [2.75, 3.05) is 5.75 Å². The second-order valence-electron chi connectivity index (χ2n) is 7.00. The van der Waals surface area contributed by atoms with Gasteiger partial charge in [0.2, 0.25) is 0 Å². The van der Waals surface area contributed by atoms with E-state index in [0.717, 1.165) is 17.6 Å². The van der Waals surface area contributed by atoms with Crippen LogP contribution in [0.5, 0.6) is 5.75 Å². The lowest BCUT2D eigenvalue weighted by Crippen LogP contribution is -2.51. The van der Waals surface area contributed by atoms with Crippen molar-refractivity contribution in [1.29, 1.82) is 0 Å². The number of benzene rings is 1. The number of fused-ring (bicyclic) bond motifs is 1. The molecule has 0 spiro atoms. The van der Waals surface area contributed by atoms with Gasteiger partial charge < -0.3 is 5.11 Å². The minimum Gasteiger partial charge on any atom is -0.508 e. The van der Waals surface area contributed by atoms with Crippen molar-refractivity contribution in [1.82, 2.24) is 0 Å². The molecule has 1 heterocycles. The van der Waals surface area contributed by atoms with Gasteiger partial charge in [-0.15, -0.1) is 6.58 Å². The van der Waals surface area contributed by atoms with Crippen LogP contribution in [0.2, 0.25) is 0 Å². The van der Waals surface area contributed by atoms with Gasteiger partial charge in [0.25, 0.3) is 0 Å². The Morgan fingerprint density at radius 3 is 3.10 bits per heavy atom. The van der Waals surface area contributed by atoms with Crippen LogP contribution in [0.3, 0.4) is 0 Å². The number of rotatable bonds is 2. The predicted octanol–water partition coefficient (Wildman–Crippen LogP) is 4.61. The number of allylic oxidation sites excluding steroid dienone is 1. The first kappa shape index (κ1) is 13.8. The van der Waals surface area contributed by atoms with Gasteiger partial charge in [0, 0.05) is 10.7 Å². The lowest BCUT2D eigenvalue weighted by atomic mass is 9.55. The minimum absolute atomic E-state index is 0.371. The molecule has 2 aliphatic carbocycles. The Kier molecular flexibility index (Phi) is 3.33. The van der Waals surface area contributed by atoms with Crippen molar-refractivity contribution >= 4 is 11.8 Å². The Morgan fingerprint density at radius 2 is 2.24 bits per heavy atom. The topological polar surface area (TPSA) is 20.2 Å². The van der Waals surface area contributed by atoms with Crippen LogP contribution in [0, 0.1) is 5.92 Å². The first-order chi connectivity index (χ1) is 10.2. The Bertz CT molecular complexity index is 575. The molecule has 1 aromatic carbocycles. The zero-order valence-corrected chi connectivity index (χ0v) is 13.4. The zero-order chi connectivity index (χ0) is 14.4. The first-order valence-corrected chi connectivity index (χ1v) is 9.37. The molecule has 1 nitrogen and oxygen atoms in total. The molecule has 2 heteroatoms. The lowest BCUT2D eigenvalue weighted by Gasteiger charge is -2.55. The van der Waals surface area contributed by atoms with E-state index in [0.29, 0.717) is 11.2 Å². The number of phenolic OH excluding ortho intramolecular Hbond substituents is 1. The van der Waals surface area contributed by atoms with E-state index in [1.165, 1.54) is 55.4 Å². The fraction of sp³-hybridized carbons (Fsp3) is 0.579. The van der Waals surface area contributed by atoms with Crippen LogP contribution < -0.4 is 0 Å². The second kappa shape index (κ2) is 5.08. The van der Waals surface area contributed by atoms with Gasteiger partial charge >= 0.3 is 0 Å². The number of hydrogen-bond acceptors (Lipinski definition) is 2. The molecule has 2 bridgehead atoms. The molecule has 21 heavy (non-hydrogen) atoms. The van der Waals surface area contributed by atoms with Crippen LogP contribution in [0.1, 0.15) is 48.8 Å². The zero-order valence-electron chi connectivity index (χ0n) is 12.6. The van der Waals surface area contributed by atoms with Crippen LogP contribution in [0.25, 0.3) is 0 Å². The lowest BCUT2D eigenvalue weighted by molar-refractivity contribution is 0.152. The highest BCUT2D eigenvalue weighted by atomic mass is 32.2. The molecular formula is C19H24OS. The van der Waals surface area contributed by atoms with Gasteiger partial charge in [0.1, 0.15) is 5.75 Å². The van der Waals surface area contributed by atoms with Crippen molar-refractivity contribution in [3.05, 3.63) is 41.5 Å². The fourth-order valence-electron chi connectivity index (χ4n) is 5.24. The maximum Gasteiger partial charge on any atom is 0.116 e. The third-order valence-corrected chi connectivity index (χ3v) is 7.42. The number of aromatic hydroxyl groups is 1. The molecular weight excluding hydrogens is 276 g/mol. The summed E-state index contributed by atoms with van der Waals surface area (Å²) in [5.41, 5.74) is 4.73. The molecule has 1 saturated carbocycles. The summed E-state index contributed by atoms with van der Waals surface area (Å²) in [7, 11) is 0. The van der Waals surface area contributed by atoms with E-state index in [9.17, 15) is 5.11 Å². The molecule has 0 aromatic heterocycles. The maximum absolute atomic E-state index is 10.2. The summed E-state index contributed by atoms with van der Waals surface area (Å²) in [4.78, 5) is 0. The van der Waals surface area contributed by atoms with Crippen molar-refractivity contribution in [3.63, 3.8) is 0 Å². The van der Waals surface area contributed by atoms with Crippen LogP contribution in [0.15, 0.2) is 24.8 Å². The molecule has 3 aliphatic rings. The van der Waals surface area contributed by atoms with Gasteiger partial charge in [-0.1, -0.05) is 18.9 Å². The van der Waals surface area contributed by atoms with Gasteiger partial charge in [0.15, 0.2) is 0 Å². The summed E-state index contributed by atoms with van der Waals surface area (Å²) in [6.07, 6.45) is 10.9. The summed E-state index contributed by atoms with van der Waals surface area (Å²) in [5.74, 6) is 2.60. The number of thioether (sulfide) groups is 1. The quantitative estimate of drug-likeness (QED) is 0.805. The SMILES string of the molecule is C=CCc1cc(O)cc2c1C[C@H]1SCC[C@@]23CCCC[C@@H]13. The molecule has 2 fully saturated rings. The molecule has 0 unspecified atom stereocenters. The highest BCUT2D eigenvalue weighted by Gasteiger charge is 2.52. The second-order valence-corrected chi connectivity index (χ2v) is 8.34. The Hall–Kier alpha value is -0.890. The van der Waals surface area contributed by atoms with E-state index >= 15 is 0 Å². The normalized spacial score (nSPS) is 33.9. The van der Waals surface area contributed by atoms with Crippen LogP contribution in [0.4, 0.5) is 0 Å². The van der Waals surface area contributed by atoms with Gasteiger partial charge in [-0.05, 0) is 72.6 Å². The Labute approximate surface area is 131 Å². The summed E-state index contributed by atoms with van der Waals surface area (Å²) >= 11 is 2.20. The molecule has 0 amide bonds. The third kappa shape index (κ3) is 1.98. The molecule has 1 aliphatic heterocycles. The Balaban J connectivity index is 1.91. The van der Waals surface area contributed by atoms with Crippen molar-refractivity contribution in [2.24, 2.45) is 5.92 Å². The van der Waals surface area contributed by atoms with Crippen molar-refractivity contribution in [2.45, 2.75) is 55.6 Å². The highest BCUT2D eigenvalue weighted by Crippen LogP contribution is 2.59. The molecule has 4 rings (SSSR count). The molecule has 0 radical (unpaired) electrons. The van der Waals surface area contributed by atoms with E-state index in [4.69, 9.17) is 0 Å². The summed E-state index contributed by atoms with van der Waals surface area (Å²) in [5, 5.41) is 11.0. The summed E-state index contributed by atoms with van der Waals surface area (Å²) < 4.78 is 0. The van der Waals surface area contributed by atoms with E-state index < -0.39 is 0 Å². The summed E-state index contributed by atoms with van der Waals surface area (Å²) in [6, 6.07) is 4.08. The molecule has 112 valence electrons. The summed E-state index contributed by atoms with van der Waals surface area (Å²) in [6.45, 7) is 3.90. The maximum atomic E-state index is 10.2. The Morgan fingerprint density at radius 1 is 1.33 bits per heavy atom. The van der Waals surface area contributed by atoms with E-state index in [1.54, 1.807) is 5.56 Å². The van der Waals surface area contributed by atoms with Crippen LogP contribution in [-0.2, 0) is 18.3 Å². The van der Waals surface area contributed by atoms with E-state index in [1.807, 2.05) is 12.1 Å². The van der Waals surface area contributed by atoms with Gasteiger partial charge in [0.05, 0.1) is 0 Å². The largest absolute Gasteiger partial charge is 0.508 e. The monoisotopic (exact) mass is 300 g/mol. The first-order valence-electron chi connectivity index (χ1n) is 8.32. The molecule has 1 N–H and O–H groups in total. The van der Waals surface area contributed by atoms with Crippen LogP contribution >= 0.6 is 11.8 Å². The van der Waals surface area contributed by atoms with Gasteiger partial charge in [-0.3, -0.25) is 0 Å². The van der Waals surface area contributed by atoms with Gasteiger partial charge in [-0.25, -0.2) is 0 Å². The highest BCUT2D eigenvalue weighted by molar-refractivity contribution is 8.00.